The second kappa shape index (κ2) is 7.16. The molecule has 0 heterocycles. The molecule has 9 heavy (non-hydrogen) atoms. The predicted molar refractivity (Wildman–Crippen MR) is 45.5 cm³/mol. The van der Waals surface area contributed by atoms with Crippen LogP contribution in [0.4, 0.5) is 0 Å². The summed E-state index contributed by atoms with van der Waals surface area (Å²) in [7, 11) is -0.432. The first-order valence-electron chi connectivity index (χ1n) is 2.69. The zero-order valence-electron chi connectivity index (χ0n) is 4.95. The fourth-order valence-corrected chi connectivity index (χ4v) is 1.85. The fourth-order valence-electron chi connectivity index (χ4n) is 0.329. The number of hydrogen-bond donors (Lipinski definition) is 0. The highest BCUT2D eigenvalue weighted by molar-refractivity contribution is 6.44. The van der Waals surface area contributed by atoms with Crippen LogP contribution in [0.1, 0.15) is 0 Å². The highest BCUT2D eigenvalue weighted by atomic mass is 35.5. The van der Waals surface area contributed by atoms with E-state index in [1.807, 2.05) is 0 Å². The van der Waals surface area contributed by atoms with E-state index in [0.29, 0.717) is 12.5 Å². The Morgan fingerprint density at radius 3 is 2.56 bits per heavy atom. The van der Waals surface area contributed by atoms with Gasteiger partial charge in [-0.3, -0.25) is 0 Å². The van der Waals surface area contributed by atoms with Crippen LogP contribution >= 0.6 is 34.8 Å². The van der Waals surface area contributed by atoms with Crippen molar-refractivity contribution in [2.24, 2.45) is 0 Å². The number of rotatable bonds is 5. The van der Waals surface area contributed by atoms with E-state index in [1.54, 1.807) is 0 Å². The van der Waals surface area contributed by atoms with Gasteiger partial charge in [-0.15, -0.1) is 34.8 Å². The molecule has 0 spiro atoms. The molecule has 0 fully saturated rings. The maximum Gasteiger partial charge on any atom is 0.162 e. The van der Waals surface area contributed by atoms with Gasteiger partial charge in [-0.2, -0.15) is 0 Å². The Morgan fingerprint density at radius 2 is 2.11 bits per heavy atom. The molecule has 0 aromatic rings. The van der Waals surface area contributed by atoms with Gasteiger partial charge in [0.25, 0.3) is 0 Å². The summed E-state index contributed by atoms with van der Waals surface area (Å²) in [5.41, 5.74) is 0. The lowest BCUT2D eigenvalue weighted by molar-refractivity contribution is 0.354. The first-order valence-corrected chi connectivity index (χ1v) is 5.67. The van der Waals surface area contributed by atoms with Crippen LogP contribution in [0.25, 0.3) is 0 Å². The largest absolute Gasteiger partial charge is 0.421 e. The monoisotopic (exact) mass is 206 g/mol. The SMILES string of the molecule is ClCC[SiH2]OCC(Cl)Cl. The highest BCUT2D eigenvalue weighted by Crippen LogP contribution is 2.00. The van der Waals surface area contributed by atoms with Crippen LogP contribution in [-0.2, 0) is 4.43 Å². The standard InChI is InChI=1S/C4H9Cl3OSi/c5-1-2-9-8-3-4(6)7/h4H,1-3,9H2. The third kappa shape index (κ3) is 9.05. The van der Waals surface area contributed by atoms with Gasteiger partial charge in [0.2, 0.25) is 0 Å². The molecule has 0 aliphatic carbocycles. The minimum absolute atomic E-state index is 0.382. The van der Waals surface area contributed by atoms with Crippen LogP contribution in [0.2, 0.25) is 6.04 Å². The van der Waals surface area contributed by atoms with Crippen molar-refractivity contribution >= 4 is 44.6 Å². The van der Waals surface area contributed by atoms with Crippen molar-refractivity contribution in [3.05, 3.63) is 0 Å². The molecule has 5 heteroatoms. The van der Waals surface area contributed by atoms with Gasteiger partial charge in [0.05, 0.1) is 6.61 Å². The van der Waals surface area contributed by atoms with E-state index in [9.17, 15) is 0 Å². The molecule has 0 atom stereocenters. The van der Waals surface area contributed by atoms with Gasteiger partial charge in [-0.1, -0.05) is 0 Å². The highest BCUT2D eigenvalue weighted by Gasteiger charge is 1.96. The van der Waals surface area contributed by atoms with E-state index < -0.39 is 9.76 Å². The molecule has 0 amide bonds. The second-order valence-electron chi connectivity index (χ2n) is 1.51. The normalized spacial score (nSPS) is 12.0. The summed E-state index contributed by atoms with van der Waals surface area (Å²) in [5.74, 6) is 0.682. The van der Waals surface area contributed by atoms with Crippen LogP contribution < -0.4 is 0 Å². The van der Waals surface area contributed by atoms with Gasteiger partial charge in [0.1, 0.15) is 4.84 Å². The number of hydrogen-bond acceptors (Lipinski definition) is 1. The Labute approximate surface area is 72.6 Å². The average molecular weight is 208 g/mol. The van der Waals surface area contributed by atoms with Crippen molar-refractivity contribution in [2.45, 2.75) is 10.9 Å². The molecule has 0 saturated heterocycles. The molecule has 0 aliphatic rings. The number of halogens is 3. The van der Waals surface area contributed by atoms with Gasteiger partial charge >= 0.3 is 0 Å². The summed E-state index contributed by atoms with van der Waals surface area (Å²) in [6.07, 6.45) is 0. The molecule has 0 aromatic carbocycles. The summed E-state index contributed by atoms with van der Waals surface area (Å²) in [6, 6.07) is 0.988. The van der Waals surface area contributed by atoms with E-state index >= 15 is 0 Å². The van der Waals surface area contributed by atoms with Gasteiger partial charge in [0, 0.05) is 5.88 Å². The van der Waals surface area contributed by atoms with Gasteiger partial charge in [-0.05, 0) is 6.04 Å². The molecule has 0 rings (SSSR count). The summed E-state index contributed by atoms with van der Waals surface area (Å²) >= 11 is 16.2. The smallest absolute Gasteiger partial charge is 0.162 e. The topological polar surface area (TPSA) is 9.23 Å². The second-order valence-corrected chi connectivity index (χ2v) is 4.69. The van der Waals surface area contributed by atoms with E-state index in [0.717, 1.165) is 6.04 Å². The van der Waals surface area contributed by atoms with Crippen LogP contribution in [0, 0.1) is 0 Å². The Bertz CT molecular complexity index is 61.8. The van der Waals surface area contributed by atoms with E-state index in [2.05, 4.69) is 0 Å². The predicted octanol–water partition coefficient (Wildman–Crippen LogP) is 1.55. The minimum atomic E-state index is -0.432. The summed E-state index contributed by atoms with van der Waals surface area (Å²) in [6.45, 7) is 0.451. The van der Waals surface area contributed by atoms with Crippen molar-refractivity contribution in [1.82, 2.24) is 0 Å². The first kappa shape index (κ1) is 10.0. The zero-order valence-corrected chi connectivity index (χ0v) is 8.63. The van der Waals surface area contributed by atoms with Crippen molar-refractivity contribution in [2.75, 3.05) is 12.5 Å². The van der Waals surface area contributed by atoms with Crippen LogP contribution in [0.3, 0.4) is 0 Å². The molecular formula is C4H9Cl3OSi. The molecule has 0 bridgehead atoms. The molecule has 1 nitrogen and oxygen atoms in total. The Balaban J connectivity index is 2.75. The first-order chi connectivity index (χ1) is 4.27. The maximum atomic E-state index is 5.41. The summed E-state index contributed by atoms with van der Waals surface area (Å²) in [5, 5.41) is 0. The lowest BCUT2D eigenvalue weighted by atomic mass is 10.9. The molecule has 0 unspecified atom stereocenters. The van der Waals surface area contributed by atoms with Crippen molar-refractivity contribution in [3.8, 4) is 0 Å². The van der Waals surface area contributed by atoms with Crippen LogP contribution in [0.5, 0.6) is 0 Å². The van der Waals surface area contributed by atoms with Crippen molar-refractivity contribution in [1.29, 1.82) is 0 Å². The lowest BCUT2D eigenvalue weighted by Crippen LogP contribution is -2.06. The summed E-state index contributed by atoms with van der Waals surface area (Å²) in [4.78, 5) is -0.382. The molecule has 0 aliphatic heterocycles. The molecule has 0 aromatic heterocycles. The Hall–Kier alpha value is 1.05. The third-order valence-electron chi connectivity index (χ3n) is 0.666. The molecule has 56 valence electrons. The Morgan fingerprint density at radius 1 is 1.44 bits per heavy atom. The van der Waals surface area contributed by atoms with Crippen LogP contribution in [-0.4, -0.2) is 27.1 Å². The lowest BCUT2D eigenvalue weighted by Gasteiger charge is -2.00. The number of alkyl halides is 3. The minimum Gasteiger partial charge on any atom is -0.421 e. The van der Waals surface area contributed by atoms with E-state index in [4.69, 9.17) is 39.2 Å². The van der Waals surface area contributed by atoms with Crippen molar-refractivity contribution in [3.63, 3.8) is 0 Å². The van der Waals surface area contributed by atoms with Crippen molar-refractivity contribution < 1.29 is 4.43 Å². The average Bonchev–Trinajstić information content (AvgIpc) is 1.80. The van der Waals surface area contributed by atoms with Gasteiger partial charge in [-0.25, -0.2) is 0 Å². The summed E-state index contributed by atoms with van der Waals surface area (Å²) < 4.78 is 5.13. The van der Waals surface area contributed by atoms with E-state index in [1.165, 1.54) is 0 Å². The quantitative estimate of drug-likeness (QED) is 0.378. The van der Waals surface area contributed by atoms with E-state index in [-0.39, 0.29) is 4.84 Å². The van der Waals surface area contributed by atoms with Gasteiger partial charge in [0.15, 0.2) is 9.76 Å². The molecule has 0 N–H and O–H groups in total. The fraction of sp³-hybridized carbons (Fsp3) is 1.00. The third-order valence-corrected chi connectivity index (χ3v) is 2.80. The Kier molecular flexibility index (Phi) is 7.99. The maximum absolute atomic E-state index is 5.41. The molecule has 0 radical (unpaired) electrons. The van der Waals surface area contributed by atoms with Gasteiger partial charge < -0.3 is 4.43 Å². The van der Waals surface area contributed by atoms with Crippen LogP contribution in [0.15, 0.2) is 0 Å². The molecular weight excluding hydrogens is 198 g/mol. The molecule has 0 saturated carbocycles. The zero-order chi connectivity index (χ0) is 7.11.